The quantitative estimate of drug-likeness (QED) is 0.164. The molecule has 0 bridgehead atoms. The topological polar surface area (TPSA) is 104 Å². The van der Waals surface area contributed by atoms with E-state index in [1.54, 1.807) is 38.4 Å². The molecule has 44 heavy (non-hydrogen) atoms. The molecule has 0 radical (unpaired) electrons. The molecule has 10 nitrogen and oxygen atoms in total. The Balaban J connectivity index is 0.000000198. The van der Waals surface area contributed by atoms with Gasteiger partial charge in [0.2, 0.25) is 5.88 Å². The first kappa shape index (κ1) is 31.7. The molecule has 226 valence electrons. The van der Waals surface area contributed by atoms with Crippen molar-refractivity contribution in [2.24, 2.45) is 0 Å². The Morgan fingerprint density at radius 3 is 1.73 bits per heavy atom. The summed E-state index contributed by atoms with van der Waals surface area (Å²) in [6.07, 6.45) is 14.5. The summed E-state index contributed by atoms with van der Waals surface area (Å²) in [6.45, 7) is 4.68. The maximum atomic E-state index is 5.55. The number of nitrogens with zero attached hydrogens (tertiary/aromatic N) is 6. The molecule has 0 aliphatic rings. The van der Waals surface area contributed by atoms with Gasteiger partial charge in [-0.05, 0) is 68.4 Å². The number of anilines is 4. The third-order valence-corrected chi connectivity index (χ3v) is 6.44. The van der Waals surface area contributed by atoms with Crippen LogP contribution in [0.25, 0.3) is 11.4 Å². The number of benzene rings is 2. The molecule has 0 amide bonds. The van der Waals surface area contributed by atoms with Gasteiger partial charge in [-0.3, -0.25) is 4.98 Å². The van der Waals surface area contributed by atoms with Crippen molar-refractivity contribution in [2.75, 3.05) is 24.4 Å². The number of rotatable bonds is 10. The van der Waals surface area contributed by atoms with Crippen LogP contribution in [-0.2, 0) is 4.74 Å². The van der Waals surface area contributed by atoms with Gasteiger partial charge in [-0.25, -0.2) is 15.0 Å². The Morgan fingerprint density at radius 2 is 1.30 bits per heavy atom. The van der Waals surface area contributed by atoms with Gasteiger partial charge in [-0.1, -0.05) is 12.1 Å². The first-order valence-corrected chi connectivity index (χ1v) is 13.9. The number of hydrogen-bond acceptors (Lipinski definition) is 8. The smallest absolute Gasteiger partial charge is 0.213 e. The van der Waals surface area contributed by atoms with E-state index in [-0.39, 0.29) is 18.5 Å². The van der Waals surface area contributed by atoms with Gasteiger partial charge in [0.15, 0.2) is 0 Å². The Labute approximate surface area is 263 Å². The lowest BCUT2D eigenvalue weighted by Gasteiger charge is -2.12. The summed E-state index contributed by atoms with van der Waals surface area (Å²) in [7, 11) is 1.60. The van der Waals surface area contributed by atoms with Crippen molar-refractivity contribution >= 4 is 35.2 Å². The number of imidazole rings is 2. The van der Waals surface area contributed by atoms with E-state index in [0.29, 0.717) is 12.5 Å². The van der Waals surface area contributed by atoms with E-state index in [4.69, 9.17) is 9.47 Å². The summed E-state index contributed by atoms with van der Waals surface area (Å²) in [5, 5.41) is 6.67. The summed E-state index contributed by atoms with van der Waals surface area (Å²) in [6, 6.07) is 24.0. The van der Waals surface area contributed by atoms with Crippen molar-refractivity contribution < 1.29 is 9.47 Å². The van der Waals surface area contributed by atoms with Gasteiger partial charge in [-0.2, -0.15) is 0 Å². The number of halogens is 1. The Morgan fingerprint density at radius 1 is 0.727 bits per heavy atom. The van der Waals surface area contributed by atoms with Crippen LogP contribution in [0.4, 0.5) is 22.7 Å². The van der Waals surface area contributed by atoms with Crippen LogP contribution >= 0.6 is 12.4 Å². The second kappa shape index (κ2) is 15.9. The second-order valence-electron chi connectivity index (χ2n) is 9.45. The summed E-state index contributed by atoms with van der Waals surface area (Å²) in [5.74, 6) is 0.600. The molecule has 6 rings (SSSR count). The molecule has 1 atom stereocenters. The van der Waals surface area contributed by atoms with E-state index < -0.39 is 0 Å². The zero-order chi connectivity index (χ0) is 29.9. The van der Waals surface area contributed by atoms with Gasteiger partial charge in [0, 0.05) is 60.2 Å². The molecule has 2 aromatic carbocycles. The van der Waals surface area contributed by atoms with Crippen molar-refractivity contribution in [1.82, 2.24) is 29.1 Å². The molecule has 2 N–H and O–H groups in total. The molecule has 11 heteroatoms. The Kier molecular flexibility index (Phi) is 11.5. The minimum absolute atomic E-state index is 0. The van der Waals surface area contributed by atoms with Crippen LogP contribution in [0, 0.1) is 0 Å². The van der Waals surface area contributed by atoms with Gasteiger partial charge >= 0.3 is 0 Å². The average Bonchev–Trinajstić information content (AvgIpc) is 3.79. The standard InChI is InChI=1S/C18H20N4O.C15H14N4O.ClH/c1-3-23-14(2)18-8-7-16(12-20-18)21-15-5-4-6-17(11-15)22-10-9-19-13-22;1-20-15-6-5-13(10-17-15)18-12-3-2-4-14(9-12)19-8-7-16-11-19;/h4-14,21H,3H2,1-2H3;2-11,18H,1H3;1H. The predicted molar refractivity (Wildman–Crippen MR) is 176 cm³/mol. The molecule has 0 aliphatic carbocycles. The number of methoxy groups -OCH3 is 1. The van der Waals surface area contributed by atoms with Crippen LogP contribution in [0.2, 0.25) is 0 Å². The minimum Gasteiger partial charge on any atom is -0.481 e. The molecule has 4 heterocycles. The summed E-state index contributed by atoms with van der Waals surface area (Å²) in [4.78, 5) is 16.8. The number of aromatic nitrogens is 6. The summed E-state index contributed by atoms with van der Waals surface area (Å²) >= 11 is 0. The van der Waals surface area contributed by atoms with E-state index in [9.17, 15) is 0 Å². The fraction of sp³-hybridized carbons (Fsp3) is 0.152. The van der Waals surface area contributed by atoms with E-state index in [2.05, 4.69) is 36.6 Å². The second-order valence-corrected chi connectivity index (χ2v) is 9.45. The number of pyridine rings is 2. The van der Waals surface area contributed by atoms with Crippen LogP contribution in [0.3, 0.4) is 0 Å². The highest BCUT2D eigenvalue weighted by Gasteiger charge is 2.06. The number of ether oxygens (including phenoxy) is 2. The summed E-state index contributed by atoms with van der Waals surface area (Å²) < 4.78 is 14.5. The fourth-order valence-electron chi connectivity index (χ4n) is 4.28. The third kappa shape index (κ3) is 8.66. The van der Waals surface area contributed by atoms with Gasteiger partial charge in [0.1, 0.15) is 0 Å². The van der Waals surface area contributed by atoms with Gasteiger partial charge in [0.05, 0.1) is 55.3 Å². The van der Waals surface area contributed by atoms with Gasteiger partial charge in [-0.15, -0.1) is 12.4 Å². The highest BCUT2D eigenvalue weighted by molar-refractivity contribution is 5.85. The molecular weight excluding hydrogens is 576 g/mol. The highest BCUT2D eigenvalue weighted by atomic mass is 35.5. The molecule has 1 unspecified atom stereocenters. The first-order chi connectivity index (χ1) is 21.1. The van der Waals surface area contributed by atoms with Crippen molar-refractivity contribution in [3.63, 3.8) is 0 Å². The molecule has 4 aromatic heterocycles. The molecular formula is C33H35ClN8O2. The molecule has 0 spiro atoms. The molecule has 0 saturated carbocycles. The largest absolute Gasteiger partial charge is 0.481 e. The SMILES string of the molecule is CCOC(C)c1ccc(Nc2cccc(-n3ccnc3)c2)cn1.COc1ccc(Nc2cccc(-n3ccnc3)c2)cn1.Cl. The monoisotopic (exact) mass is 610 g/mol. The first-order valence-electron chi connectivity index (χ1n) is 13.9. The lowest BCUT2D eigenvalue weighted by molar-refractivity contribution is 0.0734. The van der Waals surface area contributed by atoms with Crippen LogP contribution in [0.5, 0.6) is 5.88 Å². The predicted octanol–water partition coefficient (Wildman–Crippen LogP) is 7.55. The maximum absolute atomic E-state index is 5.55. The van der Waals surface area contributed by atoms with Crippen molar-refractivity contribution in [3.8, 4) is 17.3 Å². The minimum atomic E-state index is 0. The van der Waals surface area contributed by atoms with Gasteiger partial charge < -0.3 is 29.2 Å². The zero-order valence-corrected chi connectivity index (χ0v) is 25.6. The van der Waals surface area contributed by atoms with Crippen LogP contribution in [0.1, 0.15) is 25.6 Å². The van der Waals surface area contributed by atoms with E-state index in [1.807, 2.05) is 108 Å². The molecule has 0 fully saturated rings. The molecule has 0 saturated heterocycles. The van der Waals surface area contributed by atoms with Crippen LogP contribution < -0.4 is 15.4 Å². The Hall–Kier alpha value is -5.19. The molecule has 6 aromatic rings. The number of hydrogen-bond donors (Lipinski definition) is 2. The maximum Gasteiger partial charge on any atom is 0.213 e. The van der Waals surface area contributed by atoms with Crippen LogP contribution in [0.15, 0.2) is 123 Å². The fourth-order valence-corrected chi connectivity index (χ4v) is 4.28. The normalized spacial score (nSPS) is 11.0. The third-order valence-electron chi connectivity index (χ3n) is 6.44. The number of nitrogens with one attached hydrogen (secondary N) is 2. The van der Waals surface area contributed by atoms with E-state index >= 15 is 0 Å². The Bertz CT molecular complexity index is 1680. The lowest BCUT2D eigenvalue weighted by atomic mass is 10.2. The summed E-state index contributed by atoms with van der Waals surface area (Å²) in [5.41, 5.74) is 6.89. The zero-order valence-electron chi connectivity index (χ0n) is 24.7. The van der Waals surface area contributed by atoms with Crippen molar-refractivity contribution in [3.05, 3.63) is 128 Å². The highest BCUT2D eigenvalue weighted by Crippen LogP contribution is 2.22. The van der Waals surface area contributed by atoms with Gasteiger partial charge in [0.25, 0.3) is 0 Å². The van der Waals surface area contributed by atoms with Crippen molar-refractivity contribution in [2.45, 2.75) is 20.0 Å². The van der Waals surface area contributed by atoms with E-state index in [1.165, 1.54) is 0 Å². The molecule has 0 aliphatic heterocycles. The van der Waals surface area contributed by atoms with Crippen molar-refractivity contribution in [1.29, 1.82) is 0 Å². The van der Waals surface area contributed by atoms with E-state index in [0.717, 1.165) is 39.8 Å². The van der Waals surface area contributed by atoms with Crippen LogP contribution in [-0.4, -0.2) is 42.8 Å². The average molecular weight is 611 g/mol. The lowest BCUT2D eigenvalue weighted by Crippen LogP contribution is -2.02.